The molecule has 0 atom stereocenters. The highest BCUT2D eigenvalue weighted by atomic mass is 16.5. The molecule has 0 fully saturated rings. The number of anilines is 1. The summed E-state index contributed by atoms with van der Waals surface area (Å²) in [5.74, 6) is 1.82. The Balaban J connectivity index is 1.57. The third-order valence-electron chi connectivity index (χ3n) is 5.04. The first-order chi connectivity index (χ1) is 15.6. The fourth-order valence-corrected chi connectivity index (χ4v) is 3.35. The minimum Gasteiger partial charge on any atom is -0.496 e. The van der Waals surface area contributed by atoms with Crippen molar-refractivity contribution in [3.63, 3.8) is 0 Å². The van der Waals surface area contributed by atoms with Crippen molar-refractivity contribution < 1.29 is 19.0 Å². The van der Waals surface area contributed by atoms with Crippen molar-refractivity contribution >= 4 is 11.6 Å². The number of aryl methyl sites for hydroxylation is 1. The number of hydrogen-bond acceptors (Lipinski definition) is 5. The highest BCUT2D eigenvalue weighted by Crippen LogP contribution is 2.31. The summed E-state index contributed by atoms with van der Waals surface area (Å²) in [6.45, 7) is 3.25. The van der Waals surface area contributed by atoms with E-state index in [4.69, 9.17) is 14.2 Å². The van der Waals surface area contributed by atoms with Crippen LogP contribution in [0.1, 0.15) is 16.7 Å². The van der Waals surface area contributed by atoms with Crippen LogP contribution in [-0.2, 0) is 17.8 Å². The van der Waals surface area contributed by atoms with Gasteiger partial charge in [-0.1, -0.05) is 48.0 Å². The Kier molecular flexibility index (Phi) is 8.52. The smallest absolute Gasteiger partial charge is 0.262 e. The molecule has 3 aromatic rings. The summed E-state index contributed by atoms with van der Waals surface area (Å²) < 4.78 is 16.7. The van der Waals surface area contributed by atoms with E-state index >= 15 is 0 Å². The van der Waals surface area contributed by atoms with Crippen LogP contribution in [0.5, 0.6) is 17.2 Å². The molecule has 0 aliphatic rings. The molecule has 3 aromatic carbocycles. The monoisotopic (exact) mass is 434 g/mol. The van der Waals surface area contributed by atoms with Crippen LogP contribution in [-0.4, -0.2) is 33.3 Å². The van der Waals surface area contributed by atoms with Gasteiger partial charge >= 0.3 is 0 Å². The zero-order valence-corrected chi connectivity index (χ0v) is 18.8. The van der Waals surface area contributed by atoms with E-state index < -0.39 is 0 Å². The van der Waals surface area contributed by atoms with Crippen LogP contribution in [0, 0.1) is 6.92 Å². The van der Waals surface area contributed by atoms with E-state index in [1.165, 1.54) is 0 Å². The van der Waals surface area contributed by atoms with Crippen molar-refractivity contribution in [2.75, 3.05) is 32.7 Å². The van der Waals surface area contributed by atoms with Crippen LogP contribution in [0.15, 0.2) is 66.7 Å². The lowest BCUT2D eigenvalue weighted by atomic mass is 10.1. The van der Waals surface area contributed by atoms with Gasteiger partial charge in [-0.2, -0.15) is 0 Å². The Hall–Kier alpha value is -3.51. The van der Waals surface area contributed by atoms with Gasteiger partial charge in [-0.15, -0.1) is 0 Å². The Morgan fingerprint density at radius 3 is 2.28 bits per heavy atom. The molecule has 0 saturated heterocycles. The number of methoxy groups -OCH3 is 2. The van der Waals surface area contributed by atoms with Gasteiger partial charge in [0.05, 0.1) is 14.2 Å². The van der Waals surface area contributed by atoms with E-state index in [2.05, 4.69) is 16.7 Å². The number of benzene rings is 3. The second-order valence-electron chi connectivity index (χ2n) is 7.39. The number of rotatable bonds is 11. The number of nitrogens with one attached hydrogen (secondary N) is 2. The van der Waals surface area contributed by atoms with E-state index in [-0.39, 0.29) is 12.5 Å². The van der Waals surface area contributed by atoms with E-state index in [0.717, 1.165) is 41.1 Å². The Morgan fingerprint density at radius 1 is 0.844 bits per heavy atom. The van der Waals surface area contributed by atoms with Crippen LogP contribution in [0.25, 0.3) is 0 Å². The minimum absolute atomic E-state index is 0.109. The molecule has 1 amide bonds. The van der Waals surface area contributed by atoms with Crippen LogP contribution in [0.2, 0.25) is 0 Å². The molecule has 0 saturated carbocycles. The van der Waals surface area contributed by atoms with E-state index in [1.807, 2.05) is 67.6 Å². The fraction of sp³-hybridized carbons (Fsp3) is 0.269. The lowest BCUT2D eigenvalue weighted by molar-refractivity contribution is -0.118. The molecule has 0 aromatic heterocycles. The molecule has 0 radical (unpaired) electrons. The van der Waals surface area contributed by atoms with Gasteiger partial charge in [-0.3, -0.25) is 4.79 Å². The molecule has 6 heteroatoms. The number of para-hydroxylation sites is 2. The van der Waals surface area contributed by atoms with Crippen molar-refractivity contribution in [3.8, 4) is 17.2 Å². The zero-order chi connectivity index (χ0) is 22.8. The normalized spacial score (nSPS) is 10.5. The Morgan fingerprint density at radius 2 is 1.53 bits per heavy atom. The highest BCUT2D eigenvalue weighted by Gasteiger charge is 2.13. The number of amides is 1. The first-order valence-electron chi connectivity index (χ1n) is 10.6. The lowest BCUT2D eigenvalue weighted by Crippen LogP contribution is -2.22. The van der Waals surface area contributed by atoms with Gasteiger partial charge in [0, 0.05) is 17.8 Å². The van der Waals surface area contributed by atoms with Crippen LogP contribution < -0.4 is 24.8 Å². The second kappa shape index (κ2) is 11.8. The Bertz CT molecular complexity index is 1020. The summed E-state index contributed by atoms with van der Waals surface area (Å²) in [5.41, 5.74) is 3.95. The summed E-state index contributed by atoms with van der Waals surface area (Å²) in [4.78, 5) is 12.4. The molecule has 0 unspecified atom stereocenters. The number of carbonyl (C=O) groups is 1. The zero-order valence-electron chi connectivity index (χ0n) is 18.8. The molecule has 0 heterocycles. The average molecular weight is 435 g/mol. The molecule has 0 aliphatic heterocycles. The summed E-state index contributed by atoms with van der Waals surface area (Å²) in [6.07, 6.45) is 0.836. The summed E-state index contributed by atoms with van der Waals surface area (Å²) in [7, 11) is 3.27. The molecule has 0 spiro atoms. The first kappa shape index (κ1) is 23.2. The molecule has 2 N–H and O–H groups in total. The predicted molar refractivity (Wildman–Crippen MR) is 127 cm³/mol. The van der Waals surface area contributed by atoms with Gasteiger partial charge in [0.1, 0.15) is 5.75 Å². The Labute approximate surface area is 189 Å². The molecule has 32 heavy (non-hydrogen) atoms. The molecule has 0 bridgehead atoms. The van der Waals surface area contributed by atoms with Crippen LogP contribution in [0.3, 0.4) is 0 Å². The predicted octanol–water partition coefficient (Wildman–Crippen LogP) is 4.36. The van der Waals surface area contributed by atoms with E-state index in [0.29, 0.717) is 18.0 Å². The second-order valence-corrected chi connectivity index (χ2v) is 7.39. The van der Waals surface area contributed by atoms with E-state index in [9.17, 15) is 4.79 Å². The fourth-order valence-electron chi connectivity index (χ4n) is 3.35. The summed E-state index contributed by atoms with van der Waals surface area (Å²) in [6, 6.07) is 21.3. The number of carbonyl (C=O) groups excluding carboxylic acids is 1. The number of hydrogen-bond donors (Lipinski definition) is 2. The van der Waals surface area contributed by atoms with Crippen molar-refractivity contribution in [1.29, 1.82) is 0 Å². The molecule has 0 aliphatic carbocycles. The van der Waals surface area contributed by atoms with Gasteiger partial charge in [0.25, 0.3) is 5.91 Å². The van der Waals surface area contributed by atoms with E-state index in [1.54, 1.807) is 14.2 Å². The highest BCUT2D eigenvalue weighted by molar-refractivity contribution is 5.91. The standard InChI is InChI=1S/C26H30N2O4/c1-19-11-13-22(14-12-19)28-25(29)18-32-26-21(8-6-10-24(26)31-3)17-27-16-15-20-7-4-5-9-23(20)30-2/h4-14,27H,15-18H2,1-3H3,(H,28,29). The molecule has 3 rings (SSSR count). The molecule has 168 valence electrons. The topological polar surface area (TPSA) is 68.8 Å². The van der Waals surface area contributed by atoms with Gasteiger partial charge in [0.2, 0.25) is 0 Å². The maximum atomic E-state index is 12.4. The summed E-state index contributed by atoms with van der Waals surface area (Å²) >= 11 is 0. The van der Waals surface area contributed by atoms with Gasteiger partial charge < -0.3 is 24.8 Å². The summed E-state index contributed by atoms with van der Waals surface area (Å²) in [5, 5.41) is 6.28. The van der Waals surface area contributed by atoms with Gasteiger partial charge in [-0.05, 0) is 49.7 Å². The molecular formula is C26H30N2O4. The minimum atomic E-state index is -0.227. The van der Waals surface area contributed by atoms with Crippen LogP contribution in [0.4, 0.5) is 5.69 Å². The SMILES string of the molecule is COc1ccccc1CCNCc1cccc(OC)c1OCC(=O)Nc1ccc(C)cc1. The van der Waals surface area contributed by atoms with Crippen molar-refractivity contribution in [2.24, 2.45) is 0 Å². The maximum Gasteiger partial charge on any atom is 0.262 e. The van der Waals surface area contributed by atoms with Crippen molar-refractivity contribution in [2.45, 2.75) is 19.9 Å². The van der Waals surface area contributed by atoms with Crippen molar-refractivity contribution in [1.82, 2.24) is 5.32 Å². The molecular weight excluding hydrogens is 404 g/mol. The largest absolute Gasteiger partial charge is 0.496 e. The van der Waals surface area contributed by atoms with Gasteiger partial charge in [0.15, 0.2) is 18.1 Å². The number of ether oxygens (including phenoxy) is 3. The molecule has 6 nitrogen and oxygen atoms in total. The van der Waals surface area contributed by atoms with Crippen LogP contribution >= 0.6 is 0 Å². The third-order valence-corrected chi connectivity index (χ3v) is 5.04. The third kappa shape index (κ3) is 6.49. The first-order valence-corrected chi connectivity index (χ1v) is 10.6. The van der Waals surface area contributed by atoms with Crippen molar-refractivity contribution in [3.05, 3.63) is 83.4 Å². The van der Waals surface area contributed by atoms with Gasteiger partial charge in [-0.25, -0.2) is 0 Å². The maximum absolute atomic E-state index is 12.4. The average Bonchev–Trinajstić information content (AvgIpc) is 2.82. The quantitative estimate of drug-likeness (QED) is 0.439. The lowest BCUT2D eigenvalue weighted by Gasteiger charge is -2.16.